The summed E-state index contributed by atoms with van der Waals surface area (Å²) < 4.78 is 5.02. The van der Waals surface area contributed by atoms with Crippen LogP contribution >= 0.6 is 0 Å². The van der Waals surface area contributed by atoms with E-state index >= 15 is 0 Å². The number of aliphatic hydroxyl groups excluding tert-OH is 2. The van der Waals surface area contributed by atoms with Gasteiger partial charge in [0.15, 0.2) is 0 Å². The van der Waals surface area contributed by atoms with Crippen LogP contribution in [0.2, 0.25) is 0 Å². The van der Waals surface area contributed by atoms with Crippen LogP contribution in [0.4, 0.5) is 0 Å². The van der Waals surface area contributed by atoms with Gasteiger partial charge in [0.25, 0.3) is 0 Å². The third-order valence-electron chi connectivity index (χ3n) is 4.61. The van der Waals surface area contributed by atoms with E-state index in [-0.39, 0.29) is 12.0 Å². The van der Waals surface area contributed by atoms with Gasteiger partial charge in [-0.05, 0) is 42.6 Å². The van der Waals surface area contributed by atoms with Crippen molar-refractivity contribution in [3.8, 4) is 0 Å². The second kappa shape index (κ2) is 5.45. The molecule has 3 nitrogen and oxygen atoms in total. The summed E-state index contributed by atoms with van der Waals surface area (Å²) in [5.74, 6) is 0.677. The standard InChI is InChI=1S/C15H24O3/c1-15(2)6-3-4-11(9-16)13(15)8-14(17)12-5-7-18-10-12/h5,7,10-11,13-14,16-17H,3-4,6,8-9H2,1-2H3/t11-,13-,14?/m1/s1. The predicted octanol–water partition coefficient (Wildman–Crippen LogP) is 3.14. The van der Waals surface area contributed by atoms with Gasteiger partial charge in [0.1, 0.15) is 0 Å². The molecule has 1 fully saturated rings. The van der Waals surface area contributed by atoms with E-state index in [4.69, 9.17) is 4.42 Å². The summed E-state index contributed by atoms with van der Waals surface area (Å²) in [6, 6.07) is 1.81. The summed E-state index contributed by atoms with van der Waals surface area (Å²) >= 11 is 0. The van der Waals surface area contributed by atoms with Crippen molar-refractivity contribution in [1.82, 2.24) is 0 Å². The van der Waals surface area contributed by atoms with E-state index in [0.29, 0.717) is 18.3 Å². The third-order valence-corrected chi connectivity index (χ3v) is 4.61. The molecule has 1 heterocycles. The number of aliphatic hydroxyl groups is 2. The Kier molecular flexibility index (Phi) is 4.13. The Morgan fingerprint density at radius 1 is 1.50 bits per heavy atom. The summed E-state index contributed by atoms with van der Waals surface area (Å²) in [4.78, 5) is 0. The van der Waals surface area contributed by atoms with Gasteiger partial charge < -0.3 is 14.6 Å². The largest absolute Gasteiger partial charge is 0.472 e. The van der Waals surface area contributed by atoms with E-state index in [1.807, 2.05) is 6.07 Å². The van der Waals surface area contributed by atoms with E-state index in [1.165, 1.54) is 12.8 Å². The molecule has 0 amide bonds. The van der Waals surface area contributed by atoms with E-state index < -0.39 is 6.10 Å². The topological polar surface area (TPSA) is 53.6 Å². The number of rotatable bonds is 4. The molecule has 0 aliphatic heterocycles. The molecule has 18 heavy (non-hydrogen) atoms. The molecule has 1 saturated carbocycles. The normalized spacial score (nSPS) is 29.1. The minimum atomic E-state index is -0.486. The highest BCUT2D eigenvalue weighted by Crippen LogP contribution is 2.47. The van der Waals surface area contributed by atoms with Crippen LogP contribution in [-0.2, 0) is 0 Å². The molecule has 2 N–H and O–H groups in total. The second-order valence-corrected chi connectivity index (χ2v) is 6.24. The summed E-state index contributed by atoms with van der Waals surface area (Å²) in [7, 11) is 0. The molecule has 1 aromatic rings. The van der Waals surface area contributed by atoms with Crippen LogP contribution < -0.4 is 0 Å². The molecule has 0 bridgehead atoms. The maximum Gasteiger partial charge on any atom is 0.0960 e. The average Bonchev–Trinajstić information content (AvgIpc) is 2.85. The lowest BCUT2D eigenvalue weighted by atomic mass is 9.62. The Bertz CT molecular complexity index is 356. The van der Waals surface area contributed by atoms with Crippen molar-refractivity contribution in [2.75, 3.05) is 6.61 Å². The summed E-state index contributed by atoms with van der Waals surface area (Å²) in [5.41, 5.74) is 1.03. The lowest BCUT2D eigenvalue weighted by Crippen LogP contribution is -2.37. The predicted molar refractivity (Wildman–Crippen MR) is 70.0 cm³/mol. The van der Waals surface area contributed by atoms with Gasteiger partial charge >= 0.3 is 0 Å². The number of hydrogen-bond acceptors (Lipinski definition) is 3. The zero-order chi connectivity index (χ0) is 13.2. The van der Waals surface area contributed by atoms with E-state index in [0.717, 1.165) is 12.0 Å². The van der Waals surface area contributed by atoms with Crippen molar-refractivity contribution in [3.05, 3.63) is 24.2 Å². The highest BCUT2D eigenvalue weighted by Gasteiger charge is 2.39. The van der Waals surface area contributed by atoms with Crippen molar-refractivity contribution in [1.29, 1.82) is 0 Å². The van der Waals surface area contributed by atoms with Crippen molar-refractivity contribution in [2.45, 2.75) is 45.6 Å². The van der Waals surface area contributed by atoms with Gasteiger partial charge in [-0.25, -0.2) is 0 Å². The highest BCUT2D eigenvalue weighted by molar-refractivity contribution is 5.09. The van der Waals surface area contributed by atoms with Crippen molar-refractivity contribution in [2.24, 2.45) is 17.3 Å². The monoisotopic (exact) mass is 252 g/mol. The van der Waals surface area contributed by atoms with Gasteiger partial charge in [-0.3, -0.25) is 0 Å². The maximum atomic E-state index is 10.3. The number of hydrogen-bond donors (Lipinski definition) is 2. The lowest BCUT2D eigenvalue weighted by Gasteiger charge is -2.44. The van der Waals surface area contributed by atoms with Crippen LogP contribution in [0.3, 0.4) is 0 Å². The van der Waals surface area contributed by atoms with E-state index in [9.17, 15) is 10.2 Å². The first-order chi connectivity index (χ1) is 8.54. The van der Waals surface area contributed by atoms with Gasteiger partial charge in [-0.2, -0.15) is 0 Å². The first kappa shape index (κ1) is 13.6. The smallest absolute Gasteiger partial charge is 0.0960 e. The zero-order valence-electron chi connectivity index (χ0n) is 11.3. The van der Waals surface area contributed by atoms with Crippen molar-refractivity contribution < 1.29 is 14.6 Å². The van der Waals surface area contributed by atoms with E-state index in [1.54, 1.807) is 12.5 Å². The van der Waals surface area contributed by atoms with Gasteiger partial charge in [0.05, 0.1) is 18.6 Å². The maximum absolute atomic E-state index is 10.3. The van der Waals surface area contributed by atoms with Gasteiger partial charge in [-0.15, -0.1) is 0 Å². The average molecular weight is 252 g/mol. The highest BCUT2D eigenvalue weighted by atomic mass is 16.3. The Balaban J connectivity index is 2.08. The Morgan fingerprint density at radius 3 is 2.89 bits per heavy atom. The summed E-state index contributed by atoms with van der Waals surface area (Å²) in [6.07, 6.45) is 6.84. The molecule has 1 unspecified atom stereocenters. The van der Waals surface area contributed by atoms with Gasteiger partial charge in [0.2, 0.25) is 0 Å². The molecular formula is C15H24O3. The lowest BCUT2D eigenvalue weighted by molar-refractivity contribution is 0.000426. The first-order valence-corrected chi connectivity index (χ1v) is 6.85. The van der Waals surface area contributed by atoms with Crippen LogP contribution in [0, 0.1) is 17.3 Å². The summed E-state index contributed by atoms with van der Waals surface area (Å²) in [6.45, 7) is 4.73. The molecule has 1 aliphatic carbocycles. The molecule has 2 rings (SSSR count). The molecule has 102 valence electrons. The molecule has 1 aromatic heterocycles. The Labute approximate surface area is 109 Å². The summed E-state index contributed by atoms with van der Waals surface area (Å²) in [5, 5.41) is 19.8. The van der Waals surface area contributed by atoms with Crippen molar-refractivity contribution >= 4 is 0 Å². The number of furan rings is 1. The molecule has 0 aromatic carbocycles. The van der Waals surface area contributed by atoms with Crippen LogP contribution in [-0.4, -0.2) is 16.8 Å². The fraction of sp³-hybridized carbons (Fsp3) is 0.733. The first-order valence-electron chi connectivity index (χ1n) is 6.85. The van der Waals surface area contributed by atoms with Gasteiger partial charge in [0, 0.05) is 12.2 Å². The molecule has 0 spiro atoms. The molecule has 0 saturated heterocycles. The van der Waals surface area contributed by atoms with Crippen LogP contribution in [0.5, 0.6) is 0 Å². The minimum Gasteiger partial charge on any atom is -0.472 e. The molecule has 3 atom stereocenters. The van der Waals surface area contributed by atoms with Crippen molar-refractivity contribution in [3.63, 3.8) is 0 Å². The molecule has 0 radical (unpaired) electrons. The molecule has 1 aliphatic rings. The fourth-order valence-corrected chi connectivity index (χ4v) is 3.42. The van der Waals surface area contributed by atoms with Crippen LogP contribution in [0.25, 0.3) is 0 Å². The minimum absolute atomic E-state index is 0.191. The van der Waals surface area contributed by atoms with E-state index in [2.05, 4.69) is 13.8 Å². The Morgan fingerprint density at radius 2 is 2.28 bits per heavy atom. The van der Waals surface area contributed by atoms with Crippen LogP contribution in [0.15, 0.2) is 23.0 Å². The van der Waals surface area contributed by atoms with Gasteiger partial charge in [-0.1, -0.05) is 20.3 Å². The molecule has 3 heteroatoms. The second-order valence-electron chi connectivity index (χ2n) is 6.24. The van der Waals surface area contributed by atoms with Crippen LogP contribution in [0.1, 0.15) is 51.2 Å². The quantitative estimate of drug-likeness (QED) is 0.865. The Hall–Kier alpha value is -0.800. The molecular weight excluding hydrogens is 228 g/mol. The SMILES string of the molecule is CC1(C)CCC[C@H](CO)[C@H]1CC(O)c1ccoc1. The fourth-order valence-electron chi connectivity index (χ4n) is 3.42. The third kappa shape index (κ3) is 2.78. The zero-order valence-corrected chi connectivity index (χ0v) is 11.3.